The van der Waals surface area contributed by atoms with Crippen LogP contribution < -0.4 is 0 Å². The van der Waals surface area contributed by atoms with Gasteiger partial charge in [0.1, 0.15) is 17.1 Å². The molecule has 8 nitrogen and oxygen atoms in total. The van der Waals surface area contributed by atoms with Crippen molar-refractivity contribution in [1.82, 2.24) is 4.90 Å². The SMILES string of the molecule is CC1C=CCCOC(=O)c2c(O)cc(O)c(Cl)c2CC(=NOCC(=O)N2CCCCC2)C=CC1. The maximum atomic E-state index is 12.7. The molecule has 0 aliphatic carbocycles. The number of ether oxygens (including phenoxy) is 1. The van der Waals surface area contributed by atoms with E-state index >= 15 is 0 Å². The minimum absolute atomic E-state index is 0.0240. The van der Waals surface area contributed by atoms with Gasteiger partial charge in [0, 0.05) is 25.6 Å². The summed E-state index contributed by atoms with van der Waals surface area (Å²) in [5.74, 6) is -1.44. The molecule has 0 spiro atoms. The Morgan fingerprint density at radius 1 is 1.24 bits per heavy atom. The molecule has 34 heavy (non-hydrogen) atoms. The molecule has 2 aliphatic heterocycles. The number of benzene rings is 1. The molecule has 2 heterocycles. The third-order valence-corrected chi connectivity index (χ3v) is 6.18. The van der Waals surface area contributed by atoms with E-state index in [-0.39, 0.29) is 53.4 Å². The highest BCUT2D eigenvalue weighted by Gasteiger charge is 2.24. The Kier molecular flexibility index (Phi) is 9.39. The van der Waals surface area contributed by atoms with Crippen LogP contribution in [0.2, 0.25) is 5.02 Å². The molecule has 1 fully saturated rings. The van der Waals surface area contributed by atoms with Crippen molar-refractivity contribution >= 4 is 29.2 Å². The number of aromatic hydroxyl groups is 2. The molecule has 0 saturated carbocycles. The molecule has 9 heteroatoms. The summed E-state index contributed by atoms with van der Waals surface area (Å²) in [7, 11) is 0. The van der Waals surface area contributed by atoms with E-state index in [0.717, 1.165) is 31.7 Å². The summed E-state index contributed by atoms with van der Waals surface area (Å²) in [6.45, 7) is 3.43. The predicted octanol–water partition coefficient (Wildman–Crippen LogP) is 4.38. The molecule has 1 aromatic rings. The lowest BCUT2D eigenvalue weighted by Crippen LogP contribution is -2.37. The second kappa shape index (κ2) is 12.5. The van der Waals surface area contributed by atoms with Crippen LogP contribution in [0.15, 0.2) is 35.5 Å². The first-order valence-electron chi connectivity index (χ1n) is 11.6. The lowest BCUT2D eigenvalue weighted by atomic mass is 9.99. The van der Waals surface area contributed by atoms with Gasteiger partial charge in [-0.25, -0.2) is 4.79 Å². The van der Waals surface area contributed by atoms with Crippen molar-refractivity contribution in [1.29, 1.82) is 0 Å². The first kappa shape index (κ1) is 25.6. The lowest BCUT2D eigenvalue weighted by molar-refractivity contribution is -0.137. The Balaban J connectivity index is 1.88. The maximum absolute atomic E-state index is 12.7. The van der Waals surface area contributed by atoms with Crippen LogP contribution >= 0.6 is 11.6 Å². The molecular formula is C25H31ClN2O6. The lowest BCUT2D eigenvalue weighted by Gasteiger charge is -2.26. The van der Waals surface area contributed by atoms with E-state index in [4.69, 9.17) is 21.2 Å². The summed E-state index contributed by atoms with van der Waals surface area (Å²) in [5, 5.41) is 24.6. The van der Waals surface area contributed by atoms with E-state index in [0.29, 0.717) is 25.2 Å². The number of piperidine rings is 1. The highest BCUT2D eigenvalue weighted by molar-refractivity contribution is 6.33. The van der Waals surface area contributed by atoms with Crippen molar-refractivity contribution in [2.45, 2.75) is 45.4 Å². The first-order chi connectivity index (χ1) is 16.4. The number of fused-ring (bicyclic) bond motifs is 1. The summed E-state index contributed by atoms with van der Waals surface area (Å²) >= 11 is 6.31. The minimum atomic E-state index is -0.752. The number of phenolic OH excluding ortho intramolecular Hbond substituents is 2. The molecule has 1 unspecified atom stereocenters. The number of phenols is 2. The van der Waals surface area contributed by atoms with Crippen molar-refractivity contribution in [3.05, 3.63) is 46.5 Å². The molecular weight excluding hydrogens is 460 g/mol. The van der Waals surface area contributed by atoms with Gasteiger partial charge in [-0.15, -0.1) is 0 Å². The minimum Gasteiger partial charge on any atom is -0.507 e. The van der Waals surface area contributed by atoms with E-state index in [1.54, 1.807) is 11.0 Å². The topological polar surface area (TPSA) is 109 Å². The zero-order valence-electron chi connectivity index (χ0n) is 19.3. The van der Waals surface area contributed by atoms with E-state index in [2.05, 4.69) is 12.1 Å². The van der Waals surface area contributed by atoms with Gasteiger partial charge in [-0.1, -0.05) is 41.9 Å². The Morgan fingerprint density at radius 2 is 2.00 bits per heavy atom. The molecule has 1 amide bonds. The third kappa shape index (κ3) is 7.00. The van der Waals surface area contributed by atoms with Crippen LogP contribution in [0.25, 0.3) is 0 Å². The van der Waals surface area contributed by atoms with Gasteiger partial charge in [0.25, 0.3) is 5.91 Å². The van der Waals surface area contributed by atoms with E-state index in [1.807, 2.05) is 18.2 Å². The standard InChI is InChI=1S/C25H31ClN2O6/c1-17-8-3-6-13-33-25(32)23-19(24(26)21(30)15-20(23)29)14-18(10-7-9-17)27-34-16-22(31)28-11-4-2-5-12-28/h3,7-8,10,15,17,29-30H,2,4-6,9,11-14,16H2,1H3. The molecule has 1 atom stereocenters. The smallest absolute Gasteiger partial charge is 0.342 e. The number of halogens is 1. The second-order valence-corrected chi connectivity index (χ2v) is 8.90. The summed E-state index contributed by atoms with van der Waals surface area (Å²) in [6, 6.07) is 1.01. The van der Waals surface area contributed by atoms with E-state index in [1.165, 1.54) is 0 Å². The molecule has 1 saturated heterocycles. The summed E-state index contributed by atoms with van der Waals surface area (Å²) in [6.07, 6.45) is 11.9. The molecule has 184 valence electrons. The number of amides is 1. The Bertz CT molecular complexity index is 982. The number of rotatable bonds is 3. The normalized spacial score (nSPS) is 21.0. The molecule has 1 aromatic carbocycles. The quantitative estimate of drug-likeness (QED) is 0.370. The number of nitrogens with zero attached hydrogens (tertiary/aromatic N) is 2. The zero-order valence-corrected chi connectivity index (χ0v) is 20.1. The van der Waals surface area contributed by atoms with Crippen molar-refractivity contribution < 1.29 is 29.4 Å². The van der Waals surface area contributed by atoms with Gasteiger partial charge in [-0.2, -0.15) is 0 Å². The monoisotopic (exact) mass is 490 g/mol. The number of allylic oxidation sites excluding steroid dienone is 3. The molecule has 2 aliphatic rings. The first-order valence-corrected chi connectivity index (χ1v) is 11.9. The van der Waals surface area contributed by atoms with Crippen LogP contribution in [0, 0.1) is 5.92 Å². The van der Waals surface area contributed by atoms with E-state index < -0.39 is 11.7 Å². The number of esters is 1. The Labute approximate surface area is 204 Å². The molecule has 0 bridgehead atoms. The van der Waals surface area contributed by atoms with Gasteiger partial charge in [-0.3, -0.25) is 4.79 Å². The number of likely N-dealkylation sites (tertiary alicyclic amines) is 1. The van der Waals surface area contributed by atoms with Gasteiger partial charge in [0.05, 0.1) is 17.3 Å². The zero-order chi connectivity index (χ0) is 24.5. The van der Waals surface area contributed by atoms with Gasteiger partial charge < -0.3 is 24.7 Å². The van der Waals surface area contributed by atoms with Crippen LogP contribution in [0.4, 0.5) is 0 Å². The van der Waals surface area contributed by atoms with E-state index in [9.17, 15) is 19.8 Å². The van der Waals surface area contributed by atoms with Gasteiger partial charge in [0.15, 0.2) is 6.61 Å². The van der Waals surface area contributed by atoms with Crippen molar-refractivity contribution in [2.24, 2.45) is 11.1 Å². The average Bonchev–Trinajstić information content (AvgIpc) is 2.81. The number of hydrogen-bond donors (Lipinski definition) is 2. The molecule has 0 aromatic heterocycles. The van der Waals surface area contributed by atoms with Crippen LogP contribution in [0.5, 0.6) is 11.5 Å². The highest BCUT2D eigenvalue weighted by atomic mass is 35.5. The van der Waals surface area contributed by atoms with Crippen molar-refractivity contribution in [3.8, 4) is 11.5 Å². The van der Waals surface area contributed by atoms with Crippen LogP contribution in [-0.4, -0.2) is 59.0 Å². The van der Waals surface area contributed by atoms with Crippen LogP contribution in [0.3, 0.4) is 0 Å². The number of oxime groups is 1. The molecule has 3 rings (SSSR count). The predicted molar refractivity (Wildman–Crippen MR) is 129 cm³/mol. The summed E-state index contributed by atoms with van der Waals surface area (Å²) in [5.41, 5.74) is 0.405. The highest BCUT2D eigenvalue weighted by Crippen LogP contribution is 2.37. The summed E-state index contributed by atoms with van der Waals surface area (Å²) in [4.78, 5) is 32.3. The maximum Gasteiger partial charge on any atom is 0.342 e. The van der Waals surface area contributed by atoms with Crippen molar-refractivity contribution in [2.75, 3.05) is 26.3 Å². The van der Waals surface area contributed by atoms with Crippen molar-refractivity contribution in [3.63, 3.8) is 0 Å². The van der Waals surface area contributed by atoms with Crippen LogP contribution in [0.1, 0.15) is 54.9 Å². The third-order valence-electron chi connectivity index (χ3n) is 5.76. The van der Waals surface area contributed by atoms with Gasteiger partial charge in [0.2, 0.25) is 0 Å². The van der Waals surface area contributed by atoms with Gasteiger partial charge >= 0.3 is 5.97 Å². The number of carbonyl (C=O) groups is 2. The fourth-order valence-electron chi connectivity index (χ4n) is 3.90. The largest absolute Gasteiger partial charge is 0.507 e. The van der Waals surface area contributed by atoms with Gasteiger partial charge in [-0.05, 0) is 49.7 Å². The second-order valence-electron chi connectivity index (χ2n) is 8.52. The average molecular weight is 491 g/mol. The fraction of sp³-hybridized carbons (Fsp3) is 0.480. The summed E-state index contributed by atoms with van der Waals surface area (Å²) < 4.78 is 5.31. The number of cyclic esters (lactones) is 1. The van der Waals surface area contributed by atoms with Crippen LogP contribution in [-0.2, 0) is 20.8 Å². The number of carbonyl (C=O) groups excluding carboxylic acids is 2. The fourth-order valence-corrected chi connectivity index (χ4v) is 4.12. The molecule has 2 N–H and O–H groups in total. The number of hydrogen-bond acceptors (Lipinski definition) is 7. The Hall–Kier alpha value is -3.00. The molecule has 0 radical (unpaired) electrons. The Morgan fingerprint density at radius 3 is 2.76 bits per heavy atom.